The highest BCUT2D eigenvalue weighted by Gasteiger charge is 2.14. The maximum Gasteiger partial charge on any atom is 0.335 e. The van der Waals surface area contributed by atoms with Crippen molar-refractivity contribution >= 4 is 68.8 Å². The highest BCUT2D eigenvalue weighted by atomic mass is 127. The van der Waals surface area contributed by atoms with Crippen LogP contribution in [-0.2, 0) is 11.4 Å². The number of ether oxygens (including phenoxy) is 1. The summed E-state index contributed by atoms with van der Waals surface area (Å²) in [5, 5.41) is 21.2. The van der Waals surface area contributed by atoms with Crippen molar-refractivity contribution in [2.24, 2.45) is 0 Å². The van der Waals surface area contributed by atoms with Gasteiger partial charge in [0, 0.05) is 5.69 Å². The molecule has 3 aromatic rings. The third-order valence-electron chi connectivity index (χ3n) is 4.53. The Bertz CT molecular complexity index is 1270. The number of carbonyl (C=O) groups is 2. The molecule has 3 aromatic carbocycles. The number of nitrogens with zero attached hydrogens (tertiary/aromatic N) is 1. The Morgan fingerprint density at radius 1 is 1.09 bits per heavy atom. The summed E-state index contributed by atoms with van der Waals surface area (Å²) in [5.41, 5.74) is 3.15. The molecule has 0 aliphatic heterocycles. The van der Waals surface area contributed by atoms with Crippen molar-refractivity contribution in [2.45, 2.75) is 13.5 Å². The fraction of sp³-hybridized carbons (Fsp3) is 0.0800. The number of carbonyl (C=O) groups excluding carboxylic acids is 1. The van der Waals surface area contributed by atoms with Gasteiger partial charge in [0.1, 0.15) is 24.0 Å². The van der Waals surface area contributed by atoms with Gasteiger partial charge in [0.25, 0.3) is 5.91 Å². The highest BCUT2D eigenvalue weighted by molar-refractivity contribution is 14.1. The maximum atomic E-state index is 12.6. The van der Waals surface area contributed by atoms with E-state index in [9.17, 15) is 14.9 Å². The number of carboxylic acids is 1. The highest BCUT2D eigenvalue weighted by Crippen LogP contribution is 2.30. The second-order valence-electron chi connectivity index (χ2n) is 7.10. The van der Waals surface area contributed by atoms with Crippen LogP contribution in [0.2, 0.25) is 0 Å². The van der Waals surface area contributed by atoms with Crippen molar-refractivity contribution in [1.29, 1.82) is 5.26 Å². The Morgan fingerprint density at radius 2 is 1.79 bits per heavy atom. The van der Waals surface area contributed by atoms with Crippen LogP contribution >= 0.6 is 45.2 Å². The molecule has 33 heavy (non-hydrogen) atoms. The molecule has 0 aliphatic rings. The van der Waals surface area contributed by atoms with Crippen molar-refractivity contribution in [3.63, 3.8) is 0 Å². The van der Waals surface area contributed by atoms with E-state index in [0.717, 1.165) is 24.0 Å². The predicted octanol–water partition coefficient (Wildman–Crippen LogP) is 6.03. The topological polar surface area (TPSA) is 99.4 Å². The van der Waals surface area contributed by atoms with Crippen LogP contribution in [0, 0.1) is 25.4 Å². The van der Waals surface area contributed by atoms with Crippen molar-refractivity contribution in [2.75, 3.05) is 5.32 Å². The molecular weight excluding hydrogens is 646 g/mol. The monoisotopic (exact) mass is 664 g/mol. The maximum absolute atomic E-state index is 12.6. The van der Waals surface area contributed by atoms with Crippen LogP contribution in [0.1, 0.15) is 27.0 Å². The fourth-order valence-corrected chi connectivity index (χ4v) is 5.13. The summed E-state index contributed by atoms with van der Waals surface area (Å²) in [7, 11) is 0. The minimum atomic E-state index is -1.10. The second kappa shape index (κ2) is 11.3. The minimum Gasteiger partial charge on any atom is -0.487 e. The van der Waals surface area contributed by atoms with Crippen LogP contribution in [-0.4, -0.2) is 17.0 Å². The number of rotatable bonds is 7. The van der Waals surface area contributed by atoms with Crippen molar-refractivity contribution < 1.29 is 19.4 Å². The first-order valence-electron chi connectivity index (χ1n) is 9.70. The zero-order chi connectivity index (χ0) is 24.0. The van der Waals surface area contributed by atoms with Crippen LogP contribution in [0.15, 0.2) is 66.2 Å². The summed E-state index contributed by atoms with van der Waals surface area (Å²) in [4.78, 5) is 23.7. The molecule has 2 N–H and O–H groups in total. The number of anilines is 1. The summed E-state index contributed by atoms with van der Waals surface area (Å²) in [6, 6.07) is 19.5. The minimum absolute atomic E-state index is 0.0423. The number of aryl methyl sites for hydroxylation is 1. The number of hydrogen-bond acceptors (Lipinski definition) is 4. The zero-order valence-corrected chi connectivity index (χ0v) is 21.7. The molecule has 0 saturated heterocycles. The standard InChI is InChI=1S/C25H18I2N2O4/c1-15-4-2-5-16(8-15)14-33-23-21(26)10-17(11-22(23)27)9-19(13-28)24(30)29-20-7-3-6-18(12-20)25(31)32/h2-12H,14H2,1H3,(H,29,30)(H,31,32)/b19-9-. The van der Waals surface area contributed by atoms with E-state index in [1.54, 1.807) is 6.07 Å². The average Bonchev–Trinajstić information content (AvgIpc) is 2.77. The summed E-state index contributed by atoms with van der Waals surface area (Å²) >= 11 is 4.33. The first-order chi connectivity index (χ1) is 15.8. The first kappa shape index (κ1) is 24.7. The van der Waals surface area contributed by atoms with Gasteiger partial charge < -0.3 is 15.2 Å². The third kappa shape index (κ3) is 6.79. The van der Waals surface area contributed by atoms with Gasteiger partial charge in [-0.2, -0.15) is 5.26 Å². The van der Waals surface area contributed by atoms with Crippen molar-refractivity contribution in [3.8, 4) is 11.8 Å². The van der Waals surface area contributed by atoms with Crippen LogP contribution in [0.25, 0.3) is 6.08 Å². The number of amides is 1. The molecule has 1 amide bonds. The summed E-state index contributed by atoms with van der Waals surface area (Å²) < 4.78 is 7.73. The van der Waals surface area contributed by atoms with E-state index in [-0.39, 0.29) is 11.1 Å². The van der Waals surface area contributed by atoms with Crippen molar-refractivity contribution in [3.05, 3.63) is 95.6 Å². The molecule has 0 saturated carbocycles. The lowest BCUT2D eigenvalue weighted by atomic mass is 10.1. The Kier molecular flexibility index (Phi) is 8.46. The quantitative estimate of drug-likeness (QED) is 0.183. The molecule has 0 fully saturated rings. The van der Waals surface area contributed by atoms with Crippen molar-refractivity contribution in [1.82, 2.24) is 0 Å². The Balaban J connectivity index is 1.78. The second-order valence-corrected chi connectivity index (χ2v) is 9.43. The van der Waals surface area contributed by atoms with E-state index >= 15 is 0 Å². The molecule has 6 nitrogen and oxygen atoms in total. The molecule has 0 unspecified atom stereocenters. The van der Waals surface area contributed by atoms with Gasteiger partial charge in [-0.25, -0.2) is 4.79 Å². The molecule has 0 atom stereocenters. The number of nitriles is 1. The van der Waals surface area contributed by atoms with E-state index in [2.05, 4.69) is 56.6 Å². The molecule has 0 bridgehead atoms. The Morgan fingerprint density at radius 3 is 2.42 bits per heavy atom. The number of carboxylic acid groups (broad SMARTS) is 1. The van der Waals surface area contributed by atoms with Crippen LogP contribution in [0.3, 0.4) is 0 Å². The predicted molar refractivity (Wildman–Crippen MR) is 143 cm³/mol. The van der Waals surface area contributed by atoms with Crippen LogP contribution < -0.4 is 10.1 Å². The van der Waals surface area contributed by atoms with Gasteiger partial charge in [-0.05, 0) is 99.6 Å². The van der Waals surface area contributed by atoms with Gasteiger partial charge in [0.05, 0.1) is 12.7 Å². The van der Waals surface area contributed by atoms with Gasteiger partial charge in [-0.1, -0.05) is 35.9 Å². The lowest BCUT2D eigenvalue weighted by Crippen LogP contribution is -2.14. The normalized spacial score (nSPS) is 10.9. The molecule has 3 rings (SSSR count). The van der Waals surface area contributed by atoms with Gasteiger partial charge in [-0.15, -0.1) is 0 Å². The van der Waals surface area contributed by atoms with Gasteiger partial charge in [0.15, 0.2) is 0 Å². The van der Waals surface area contributed by atoms with Crippen LogP contribution in [0.5, 0.6) is 5.75 Å². The first-order valence-corrected chi connectivity index (χ1v) is 11.9. The molecule has 0 aromatic heterocycles. The molecule has 0 aliphatic carbocycles. The molecular formula is C25H18I2N2O4. The lowest BCUT2D eigenvalue weighted by molar-refractivity contribution is -0.112. The molecule has 8 heteroatoms. The molecule has 0 heterocycles. The summed E-state index contributed by atoms with van der Waals surface area (Å²) in [6.45, 7) is 2.47. The summed E-state index contributed by atoms with van der Waals surface area (Å²) in [6.07, 6.45) is 1.49. The fourth-order valence-electron chi connectivity index (χ4n) is 3.00. The van der Waals surface area contributed by atoms with E-state index in [0.29, 0.717) is 17.9 Å². The van der Waals surface area contributed by atoms with Gasteiger partial charge in [-0.3, -0.25) is 4.79 Å². The number of aromatic carboxylic acids is 1. The molecule has 0 radical (unpaired) electrons. The van der Waals surface area contributed by atoms with E-state index in [1.807, 2.05) is 43.3 Å². The number of benzene rings is 3. The van der Waals surface area contributed by atoms with E-state index < -0.39 is 11.9 Å². The SMILES string of the molecule is Cc1cccc(COc2c(I)cc(/C=C(/C#N)C(=O)Nc3cccc(C(=O)O)c3)cc2I)c1. The number of halogens is 2. The smallest absolute Gasteiger partial charge is 0.335 e. The van der Waals surface area contributed by atoms with Gasteiger partial charge in [0.2, 0.25) is 0 Å². The largest absolute Gasteiger partial charge is 0.487 e. The number of nitrogens with one attached hydrogen (secondary N) is 1. The third-order valence-corrected chi connectivity index (χ3v) is 6.13. The molecule has 0 spiro atoms. The van der Waals surface area contributed by atoms with E-state index in [1.165, 1.54) is 24.3 Å². The van der Waals surface area contributed by atoms with E-state index in [4.69, 9.17) is 9.84 Å². The van der Waals surface area contributed by atoms with Gasteiger partial charge >= 0.3 is 5.97 Å². The Labute approximate surface area is 218 Å². The molecule has 166 valence electrons. The summed E-state index contributed by atoms with van der Waals surface area (Å²) in [5.74, 6) is -0.982. The lowest BCUT2D eigenvalue weighted by Gasteiger charge is -2.12. The average molecular weight is 664 g/mol. The Hall–Kier alpha value is -2.91. The van der Waals surface area contributed by atoms with Crippen LogP contribution in [0.4, 0.5) is 5.69 Å². The number of hydrogen-bond donors (Lipinski definition) is 2. The zero-order valence-electron chi connectivity index (χ0n) is 17.4.